The van der Waals surface area contributed by atoms with Gasteiger partial charge >= 0.3 is 5.97 Å². The van der Waals surface area contributed by atoms with Gasteiger partial charge in [-0.2, -0.15) is 0 Å². The zero-order valence-corrected chi connectivity index (χ0v) is 17.3. The molecule has 0 saturated carbocycles. The van der Waals surface area contributed by atoms with E-state index in [2.05, 4.69) is 15.3 Å². The molecule has 0 radical (unpaired) electrons. The highest BCUT2D eigenvalue weighted by atomic mass is 16.6. The molecule has 4 rings (SSSR count). The van der Waals surface area contributed by atoms with Crippen molar-refractivity contribution >= 4 is 28.7 Å². The minimum atomic E-state index is -1.29. The summed E-state index contributed by atoms with van der Waals surface area (Å²) >= 11 is 0. The summed E-state index contributed by atoms with van der Waals surface area (Å²) in [6.07, 6.45) is -0.992. The summed E-state index contributed by atoms with van der Waals surface area (Å²) in [4.78, 5) is 22.9. The molecule has 2 aromatic rings. The summed E-state index contributed by atoms with van der Waals surface area (Å²) in [6, 6.07) is 11.3. The van der Waals surface area contributed by atoms with E-state index in [1.165, 1.54) is 4.90 Å². The maximum absolute atomic E-state index is 12.9. The van der Waals surface area contributed by atoms with Crippen molar-refractivity contribution in [3.63, 3.8) is 0 Å². The maximum atomic E-state index is 12.9. The Hall–Kier alpha value is -3.41. The lowest BCUT2D eigenvalue weighted by molar-refractivity contribution is -0.0239. The van der Waals surface area contributed by atoms with Gasteiger partial charge in [0, 0.05) is 0 Å². The van der Waals surface area contributed by atoms with Crippen molar-refractivity contribution in [2.75, 3.05) is 26.4 Å². The molecule has 0 spiro atoms. The molecule has 32 heavy (non-hydrogen) atoms. The van der Waals surface area contributed by atoms with E-state index in [1.54, 1.807) is 12.1 Å². The number of ether oxygens (including phenoxy) is 1. The number of aliphatic hydroxyl groups excluding tert-OH is 3. The molecule has 11 heteroatoms. The summed E-state index contributed by atoms with van der Waals surface area (Å²) in [6.45, 7) is -1.40. The molecule has 0 fully saturated rings. The van der Waals surface area contributed by atoms with Crippen LogP contribution in [0.15, 0.2) is 52.4 Å². The average molecular weight is 442 g/mol. The molecule has 0 saturated heterocycles. The molecular formula is C21H26N6O5. The first-order valence-corrected chi connectivity index (χ1v) is 10.2. The minimum absolute atomic E-state index is 0.00795. The van der Waals surface area contributed by atoms with Gasteiger partial charge < -0.3 is 41.7 Å². The molecule has 8 N–H and O–H groups in total. The number of carbonyl (C=O) groups is 1. The van der Waals surface area contributed by atoms with E-state index >= 15 is 0 Å². The number of fused-ring (bicyclic) bond motifs is 2. The number of hydrogen-bond donors (Lipinski definition) is 6. The average Bonchev–Trinajstić information content (AvgIpc) is 3.16. The molecular weight excluding hydrogens is 416 g/mol. The third-order valence-electron chi connectivity index (χ3n) is 5.83. The van der Waals surface area contributed by atoms with Crippen LogP contribution in [-0.2, 0) is 4.74 Å². The number of nitrogens with one attached hydrogen (secondary N) is 1. The smallest absolute Gasteiger partial charge is 0.339 e. The van der Waals surface area contributed by atoms with Crippen molar-refractivity contribution in [2.45, 2.75) is 23.9 Å². The van der Waals surface area contributed by atoms with Crippen LogP contribution in [0.2, 0.25) is 0 Å². The highest BCUT2D eigenvalue weighted by Gasteiger charge is 2.55. The highest BCUT2D eigenvalue weighted by molar-refractivity contribution is 6.04. The SMILES string of the molecule is NC1=NC2C(CO)N=C(N)N(C[C@@H](CO)OC(=O)c3cccc4ccccc34)C2(CO)N1. The Morgan fingerprint density at radius 2 is 1.91 bits per heavy atom. The van der Waals surface area contributed by atoms with Gasteiger partial charge in [0.05, 0.1) is 31.9 Å². The minimum Gasteiger partial charge on any atom is -0.454 e. The number of nitrogens with zero attached hydrogens (tertiary/aromatic N) is 3. The second-order valence-electron chi connectivity index (χ2n) is 7.75. The Kier molecular flexibility index (Phi) is 5.87. The molecule has 2 aliphatic heterocycles. The number of guanidine groups is 2. The molecule has 0 amide bonds. The Balaban J connectivity index is 1.59. The van der Waals surface area contributed by atoms with E-state index in [4.69, 9.17) is 16.2 Å². The molecule has 4 atom stereocenters. The van der Waals surface area contributed by atoms with Crippen molar-refractivity contribution in [3.05, 3.63) is 48.0 Å². The summed E-state index contributed by atoms with van der Waals surface area (Å²) < 4.78 is 5.59. The summed E-state index contributed by atoms with van der Waals surface area (Å²) in [5, 5.41) is 34.4. The number of esters is 1. The fourth-order valence-electron chi connectivity index (χ4n) is 4.30. The second-order valence-corrected chi connectivity index (χ2v) is 7.75. The molecule has 2 aromatic carbocycles. The Morgan fingerprint density at radius 3 is 2.62 bits per heavy atom. The molecule has 3 unspecified atom stereocenters. The van der Waals surface area contributed by atoms with Crippen molar-refractivity contribution in [1.82, 2.24) is 10.2 Å². The third kappa shape index (κ3) is 3.60. The number of hydrogen-bond acceptors (Lipinski definition) is 11. The summed E-state index contributed by atoms with van der Waals surface area (Å²) in [7, 11) is 0. The van der Waals surface area contributed by atoms with Gasteiger partial charge in [0.25, 0.3) is 0 Å². The number of aliphatic hydroxyl groups is 3. The van der Waals surface area contributed by atoms with Gasteiger partial charge in [0.1, 0.15) is 18.2 Å². The van der Waals surface area contributed by atoms with E-state index in [9.17, 15) is 20.1 Å². The van der Waals surface area contributed by atoms with Crippen LogP contribution in [0.4, 0.5) is 0 Å². The van der Waals surface area contributed by atoms with Crippen molar-refractivity contribution in [1.29, 1.82) is 0 Å². The molecule has 2 heterocycles. The molecule has 170 valence electrons. The molecule has 0 aromatic heterocycles. The molecule has 0 aliphatic carbocycles. The Bertz CT molecular complexity index is 1070. The van der Waals surface area contributed by atoms with Crippen LogP contribution in [0.5, 0.6) is 0 Å². The van der Waals surface area contributed by atoms with Crippen LogP contribution in [0, 0.1) is 0 Å². The second kappa shape index (κ2) is 8.61. The maximum Gasteiger partial charge on any atom is 0.339 e. The van der Waals surface area contributed by atoms with Gasteiger partial charge in [-0.25, -0.2) is 14.8 Å². The van der Waals surface area contributed by atoms with Crippen LogP contribution >= 0.6 is 0 Å². The van der Waals surface area contributed by atoms with E-state index in [0.717, 1.165) is 10.8 Å². The van der Waals surface area contributed by atoms with Crippen LogP contribution < -0.4 is 16.8 Å². The topological polar surface area (TPSA) is 179 Å². The molecule has 0 bridgehead atoms. The largest absolute Gasteiger partial charge is 0.454 e. The summed E-state index contributed by atoms with van der Waals surface area (Å²) in [5.41, 5.74) is 11.0. The van der Waals surface area contributed by atoms with Crippen LogP contribution in [0.3, 0.4) is 0 Å². The zero-order chi connectivity index (χ0) is 22.9. The van der Waals surface area contributed by atoms with Crippen LogP contribution in [-0.4, -0.2) is 88.3 Å². The monoisotopic (exact) mass is 442 g/mol. The fourth-order valence-corrected chi connectivity index (χ4v) is 4.30. The van der Waals surface area contributed by atoms with Crippen molar-refractivity contribution in [3.8, 4) is 0 Å². The third-order valence-corrected chi connectivity index (χ3v) is 5.83. The van der Waals surface area contributed by atoms with E-state index in [-0.39, 0.29) is 25.1 Å². The van der Waals surface area contributed by atoms with Gasteiger partial charge in [-0.1, -0.05) is 36.4 Å². The number of aliphatic imine (C=N–C) groups is 2. The van der Waals surface area contributed by atoms with Gasteiger partial charge in [-0.3, -0.25) is 0 Å². The van der Waals surface area contributed by atoms with Crippen LogP contribution in [0.1, 0.15) is 10.4 Å². The Morgan fingerprint density at radius 1 is 1.16 bits per heavy atom. The van der Waals surface area contributed by atoms with E-state index in [0.29, 0.717) is 5.56 Å². The molecule has 11 nitrogen and oxygen atoms in total. The number of carbonyl (C=O) groups excluding carboxylic acids is 1. The lowest BCUT2D eigenvalue weighted by Crippen LogP contribution is -2.74. The van der Waals surface area contributed by atoms with Gasteiger partial charge in [-0.15, -0.1) is 0 Å². The number of nitrogens with two attached hydrogens (primary N) is 2. The van der Waals surface area contributed by atoms with E-state index < -0.39 is 43.0 Å². The Labute approximate surface area is 184 Å². The fraction of sp³-hybridized carbons (Fsp3) is 0.381. The van der Waals surface area contributed by atoms with Crippen LogP contribution in [0.25, 0.3) is 10.8 Å². The van der Waals surface area contributed by atoms with Crippen molar-refractivity contribution in [2.24, 2.45) is 21.5 Å². The lowest BCUT2D eigenvalue weighted by Gasteiger charge is -2.48. The first-order valence-electron chi connectivity index (χ1n) is 10.2. The van der Waals surface area contributed by atoms with E-state index in [1.807, 2.05) is 30.3 Å². The van der Waals surface area contributed by atoms with Gasteiger partial charge in [0.15, 0.2) is 17.6 Å². The van der Waals surface area contributed by atoms with Gasteiger partial charge in [-0.05, 0) is 16.8 Å². The normalized spacial score (nSPS) is 25.5. The highest BCUT2D eigenvalue weighted by Crippen LogP contribution is 2.31. The predicted molar refractivity (Wildman–Crippen MR) is 118 cm³/mol. The summed E-state index contributed by atoms with van der Waals surface area (Å²) in [5.74, 6) is -0.552. The quantitative estimate of drug-likeness (QED) is 0.273. The number of rotatable bonds is 7. The lowest BCUT2D eigenvalue weighted by atomic mass is 9.92. The molecule has 2 aliphatic rings. The first-order chi connectivity index (χ1) is 15.4. The zero-order valence-electron chi connectivity index (χ0n) is 17.3. The van der Waals surface area contributed by atoms with Gasteiger partial charge in [0.2, 0.25) is 0 Å². The predicted octanol–water partition coefficient (Wildman–Crippen LogP) is -1.68. The first kappa shape index (κ1) is 21.8. The standard InChI is InChI=1S/C21H26N6O5/c22-19-25-17-16(10-29)24-20(23)27(21(17,11-30)26-19)8-13(9-28)32-18(31)15-7-3-5-12-4-1-2-6-14(12)15/h1-7,13,16-17,28-30H,8-11H2,(H2,23,24)(H3,22,25,26)/t13-,16?,17?,21?/m0/s1. The number of benzene rings is 2. The van der Waals surface area contributed by atoms with Crippen molar-refractivity contribution < 1.29 is 24.9 Å².